The number of carbonyl (C=O) groups excluding carboxylic acids is 1. The second kappa shape index (κ2) is 7.52. The number of fused-ring (bicyclic) bond motifs is 1. The van der Waals surface area contributed by atoms with Gasteiger partial charge in [0.1, 0.15) is 5.69 Å². The summed E-state index contributed by atoms with van der Waals surface area (Å²) in [4.78, 5) is 16.1. The monoisotopic (exact) mass is 392 g/mol. The number of benzene rings is 2. The second-order valence-electron chi connectivity index (χ2n) is 6.69. The Morgan fingerprint density at radius 1 is 1.21 bits per heavy atom. The highest BCUT2D eigenvalue weighted by molar-refractivity contribution is 6.31. The number of H-pyrrole nitrogens is 1. The molecule has 0 unspecified atom stereocenters. The summed E-state index contributed by atoms with van der Waals surface area (Å²) in [5, 5.41) is 8.85. The van der Waals surface area contributed by atoms with Gasteiger partial charge >= 0.3 is 0 Å². The lowest BCUT2D eigenvalue weighted by molar-refractivity contribution is 0.0940. The number of carbonyl (C=O) groups is 1. The van der Waals surface area contributed by atoms with Gasteiger partial charge in [0.25, 0.3) is 5.91 Å². The average Bonchev–Trinajstić information content (AvgIpc) is 3.31. The van der Waals surface area contributed by atoms with Crippen molar-refractivity contribution in [2.24, 2.45) is 0 Å². The third-order valence-electron chi connectivity index (χ3n) is 4.96. The van der Waals surface area contributed by atoms with Crippen LogP contribution in [0.3, 0.4) is 0 Å². The van der Waals surface area contributed by atoms with Gasteiger partial charge in [0.05, 0.1) is 5.52 Å². The number of amides is 1. The van der Waals surface area contributed by atoms with Gasteiger partial charge in [-0.1, -0.05) is 41.9 Å². The van der Waals surface area contributed by atoms with Crippen LogP contribution >= 0.6 is 11.6 Å². The minimum Gasteiger partial charge on any atom is -0.354 e. The molecule has 28 heavy (non-hydrogen) atoms. The lowest BCUT2D eigenvalue weighted by atomic mass is 10.1. The number of hydrogen-bond donors (Lipinski definition) is 2. The van der Waals surface area contributed by atoms with Gasteiger partial charge in [0.15, 0.2) is 0 Å². The molecule has 0 atom stereocenters. The van der Waals surface area contributed by atoms with Crippen LogP contribution < -0.4 is 5.32 Å². The molecule has 0 spiro atoms. The summed E-state index contributed by atoms with van der Waals surface area (Å²) in [5.41, 5.74) is 5.81. The summed E-state index contributed by atoms with van der Waals surface area (Å²) in [5.74, 6) is -0.154. The van der Waals surface area contributed by atoms with Gasteiger partial charge < -0.3 is 10.3 Å². The molecule has 0 saturated heterocycles. The molecule has 0 bridgehead atoms. The fourth-order valence-electron chi connectivity index (χ4n) is 3.54. The molecule has 0 radical (unpaired) electrons. The third kappa shape index (κ3) is 3.29. The van der Waals surface area contributed by atoms with E-state index in [1.165, 1.54) is 0 Å². The molecule has 4 rings (SSSR count). The first-order valence-corrected chi connectivity index (χ1v) is 9.62. The molecular formula is C22H21ClN4O. The van der Waals surface area contributed by atoms with E-state index in [0.717, 1.165) is 33.3 Å². The van der Waals surface area contributed by atoms with E-state index in [1.807, 2.05) is 37.3 Å². The molecule has 1 amide bonds. The van der Waals surface area contributed by atoms with Gasteiger partial charge in [0, 0.05) is 35.4 Å². The molecule has 2 heterocycles. The predicted molar refractivity (Wildman–Crippen MR) is 113 cm³/mol. The minimum absolute atomic E-state index is 0.154. The number of rotatable bonds is 5. The van der Waals surface area contributed by atoms with Crippen molar-refractivity contribution in [2.75, 3.05) is 0 Å². The van der Waals surface area contributed by atoms with Gasteiger partial charge in [-0.2, -0.15) is 5.10 Å². The average molecular weight is 393 g/mol. The Balaban J connectivity index is 1.68. The normalized spacial score (nSPS) is 11.1. The molecule has 0 aliphatic rings. The van der Waals surface area contributed by atoms with Gasteiger partial charge in [0.2, 0.25) is 0 Å². The van der Waals surface area contributed by atoms with Gasteiger partial charge in [-0.05, 0) is 48.7 Å². The molecule has 0 fully saturated rings. The van der Waals surface area contributed by atoms with Crippen LogP contribution in [0, 0.1) is 6.92 Å². The summed E-state index contributed by atoms with van der Waals surface area (Å²) in [6.07, 6.45) is 1.64. The topological polar surface area (TPSA) is 62.7 Å². The Labute approximate surface area is 168 Å². The van der Waals surface area contributed by atoms with E-state index < -0.39 is 0 Å². The molecule has 0 aliphatic heterocycles. The number of aromatic amines is 1. The van der Waals surface area contributed by atoms with Crippen LogP contribution in [0.5, 0.6) is 0 Å². The quantitative estimate of drug-likeness (QED) is 0.505. The fraction of sp³-hybridized carbons (Fsp3) is 0.182. The lowest BCUT2D eigenvalue weighted by Gasteiger charge is -2.08. The third-order valence-corrected chi connectivity index (χ3v) is 5.18. The van der Waals surface area contributed by atoms with Gasteiger partial charge in [-0.25, -0.2) is 0 Å². The van der Waals surface area contributed by atoms with Crippen LogP contribution in [-0.2, 0) is 13.1 Å². The largest absolute Gasteiger partial charge is 0.354 e. The van der Waals surface area contributed by atoms with Crippen LogP contribution in [0.15, 0.2) is 54.7 Å². The number of nitrogens with zero attached hydrogens (tertiary/aromatic N) is 2. The molecule has 0 saturated carbocycles. The molecular weight excluding hydrogens is 372 g/mol. The van der Waals surface area contributed by atoms with Gasteiger partial charge in [-0.15, -0.1) is 0 Å². The first-order chi connectivity index (χ1) is 13.6. The van der Waals surface area contributed by atoms with Crippen molar-refractivity contribution in [1.82, 2.24) is 20.1 Å². The summed E-state index contributed by atoms with van der Waals surface area (Å²) in [7, 11) is 0. The van der Waals surface area contributed by atoms with Crippen LogP contribution in [0.1, 0.15) is 28.5 Å². The Morgan fingerprint density at radius 2 is 2.00 bits per heavy atom. The van der Waals surface area contributed by atoms with Crippen molar-refractivity contribution in [1.29, 1.82) is 0 Å². The van der Waals surface area contributed by atoms with Crippen molar-refractivity contribution >= 4 is 28.4 Å². The lowest BCUT2D eigenvalue weighted by Crippen LogP contribution is -2.25. The van der Waals surface area contributed by atoms with E-state index in [4.69, 9.17) is 11.6 Å². The first-order valence-electron chi connectivity index (χ1n) is 9.24. The van der Waals surface area contributed by atoms with E-state index in [0.29, 0.717) is 23.8 Å². The zero-order valence-electron chi connectivity index (χ0n) is 15.8. The molecule has 2 N–H and O–H groups in total. The van der Waals surface area contributed by atoms with E-state index in [9.17, 15) is 4.79 Å². The van der Waals surface area contributed by atoms with Gasteiger partial charge in [-0.3, -0.25) is 9.48 Å². The maximum absolute atomic E-state index is 12.6. The fourth-order valence-corrected chi connectivity index (χ4v) is 3.78. The van der Waals surface area contributed by atoms with E-state index in [1.54, 1.807) is 16.9 Å². The Hall–Kier alpha value is -3.05. The second-order valence-corrected chi connectivity index (χ2v) is 7.13. The maximum atomic E-state index is 12.6. The SMILES string of the molecule is CCn1nccc1C(=O)NCc1cc(Cl)cc2c(C)c(-c3ccccc3)[nH]c12. The Morgan fingerprint density at radius 3 is 2.75 bits per heavy atom. The molecule has 142 valence electrons. The molecule has 0 aliphatic carbocycles. The molecule has 2 aromatic heterocycles. The molecule has 4 aromatic rings. The Kier molecular flexibility index (Phi) is 4.92. The zero-order valence-corrected chi connectivity index (χ0v) is 16.5. The summed E-state index contributed by atoms with van der Waals surface area (Å²) < 4.78 is 1.68. The molecule has 6 heteroatoms. The van der Waals surface area contributed by atoms with E-state index in [-0.39, 0.29) is 5.91 Å². The summed E-state index contributed by atoms with van der Waals surface area (Å²) in [6.45, 7) is 5.06. The highest BCUT2D eigenvalue weighted by atomic mass is 35.5. The number of aromatic nitrogens is 3. The van der Waals surface area contributed by atoms with Crippen LogP contribution in [0.25, 0.3) is 22.2 Å². The van der Waals surface area contributed by atoms with Crippen LogP contribution in [-0.4, -0.2) is 20.7 Å². The molecule has 2 aromatic carbocycles. The highest BCUT2D eigenvalue weighted by Gasteiger charge is 2.15. The number of halogens is 1. The standard InChI is InChI=1S/C22H21ClN4O/c1-3-27-19(9-10-25-27)22(28)24-13-16-11-17(23)12-18-14(2)20(26-21(16)18)15-7-5-4-6-8-15/h4-12,26H,3,13H2,1-2H3,(H,24,28). The zero-order chi connectivity index (χ0) is 19.7. The number of nitrogens with one attached hydrogen (secondary N) is 2. The number of aryl methyl sites for hydroxylation is 2. The summed E-state index contributed by atoms with van der Waals surface area (Å²) >= 11 is 6.37. The Bertz CT molecular complexity index is 1140. The highest BCUT2D eigenvalue weighted by Crippen LogP contribution is 2.33. The van der Waals surface area contributed by atoms with Crippen LogP contribution in [0.4, 0.5) is 0 Å². The van der Waals surface area contributed by atoms with Crippen molar-refractivity contribution < 1.29 is 4.79 Å². The van der Waals surface area contributed by atoms with Crippen molar-refractivity contribution in [2.45, 2.75) is 26.9 Å². The van der Waals surface area contributed by atoms with Crippen LogP contribution in [0.2, 0.25) is 5.02 Å². The minimum atomic E-state index is -0.154. The molecule has 5 nitrogen and oxygen atoms in total. The first kappa shape index (κ1) is 18.3. The smallest absolute Gasteiger partial charge is 0.269 e. The van der Waals surface area contributed by atoms with Crippen molar-refractivity contribution in [3.63, 3.8) is 0 Å². The van der Waals surface area contributed by atoms with E-state index in [2.05, 4.69) is 34.5 Å². The summed E-state index contributed by atoms with van der Waals surface area (Å²) in [6, 6.07) is 15.8. The van der Waals surface area contributed by atoms with E-state index >= 15 is 0 Å². The predicted octanol–water partition coefficient (Wildman–Crippen LogP) is 4.94. The van der Waals surface area contributed by atoms with Crippen molar-refractivity contribution in [3.8, 4) is 11.3 Å². The number of hydrogen-bond acceptors (Lipinski definition) is 2. The van der Waals surface area contributed by atoms with Crippen molar-refractivity contribution in [3.05, 3.63) is 76.6 Å². The maximum Gasteiger partial charge on any atom is 0.269 e.